The fourth-order valence-electron chi connectivity index (χ4n) is 4.54. The Bertz CT molecular complexity index is 1440. The van der Waals surface area contributed by atoms with Crippen LogP contribution in [0.4, 0.5) is 0 Å². The number of carboxylic acids is 2. The van der Waals surface area contributed by atoms with E-state index < -0.39 is 23.8 Å². The highest BCUT2D eigenvalue weighted by Crippen LogP contribution is 2.27. The van der Waals surface area contributed by atoms with E-state index in [-0.39, 0.29) is 38.1 Å². The summed E-state index contributed by atoms with van der Waals surface area (Å²) in [6.07, 6.45) is 0.379. The van der Waals surface area contributed by atoms with E-state index in [9.17, 15) is 19.5 Å². The van der Waals surface area contributed by atoms with Gasteiger partial charge in [0.2, 0.25) is 5.91 Å². The first-order chi connectivity index (χ1) is 20.4. The standard InChI is InChI=1S/C34H33NO7/c36-32(37)19-20-35-33(38)26(21-24-11-15-30(16-12-24)41-28-7-3-1-4-8-28)23-27(34(39)40)22-25-13-17-31(18-14-25)42-29-9-5-2-6-10-29/h1-18,26-27H,19-23H2,(H,35,38)(H,36,37)(H,39,40). The third-order valence-corrected chi connectivity index (χ3v) is 6.70. The number of para-hydroxylation sites is 2. The van der Waals surface area contributed by atoms with Crippen molar-refractivity contribution in [3.05, 3.63) is 120 Å². The van der Waals surface area contributed by atoms with Crippen molar-refractivity contribution in [1.29, 1.82) is 0 Å². The molecule has 0 heterocycles. The quantitative estimate of drug-likeness (QED) is 0.153. The normalized spacial score (nSPS) is 12.1. The lowest BCUT2D eigenvalue weighted by atomic mass is 9.85. The van der Waals surface area contributed by atoms with Crippen molar-refractivity contribution < 1.29 is 34.1 Å². The molecule has 1 amide bonds. The summed E-state index contributed by atoms with van der Waals surface area (Å²) in [5.74, 6) is -1.25. The second-order valence-electron chi connectivity index (χ2n) is 9.93. The molecule has 216 valence electrons. The summed E-state index contributed by atoms with van der Waals surface area (Å²) < 4.78 is 11.7. The summed E-state index contributed by atoms with van der Waals surface area (Å²) in [5, 5.41) is 21.7. The maximum Gasteiger partial charge on any atom is 0.306 e. The molecule has 0 aliphatic carbocycles. The Labute approximate surface area is 244 Å². The highest BCUT2D eigenvalue weighted by Gasteiger charge is 2.28. The van der Waals surface area contributed by atoms with E-state index in [0.717, 1.165) is 11.1 Å². The molecule has 0 saturated heterocycles. The Morgan fingerprint density at radius 3 is 1.45 bits per heavy atom. The fourth-order valence-corrected chi connectivity index (χ4v) is 4.54. The first-order valence-corrected chi connectivity index (χ1v) is 13.7. The third kappa shape index (κ3) is 9.52. The van der Waals surface area contributed by atoms with Gasteiger partial charge >= 0.3 is 11.9 Å². The number of carbonyl (C=O) groups is 3. The van der Waals surface area contributed by atoms with Crippen LogP contribution in [0.5, 0.6) is 23.0 Å². The van der Waals surface area contributed by atoms with E-state index in [4.69, 9.17) is 14.6 Å². The van der Waals surface area contributed by atoms with Crippen LogP contribution in [0, 0.1) is 11.8 Å². The van der Waals surface area contributed by atoms with Crippen LogP contribution in [-0.4, -0.2) is 34.6 Å². The number of ether oxygens (including phenoxy) is 2. The molecule has 3 N–H and O–H groups in total. The summed E-state index contributed by atoms with van der Waals surface area (Å²) in [6, 6.07) is 33.2. The topological polar surface area (TPSA) is 122 Å². The van der Waals surface area contributed by atoms with Gasteiger partial charge in [0.25, 0.3) is 0 Å². The molecule has 2 unspecified atom stereocenters. The van der Waals surface area contributed by atoms with Crippen LogP contribution in [0.25, 0.3) is 0 Å². The van der Waals surface area contributed by atoms with Crippen LogP contribution in [0.15, 0.2) is 109 Å². The van der Waals surface area contributed by atoms with Crippen LogP contribution in [-0.2, 0) is 27.2 Å². The summed E-state index contributed by atoms with van der Waals surface area (Å²) in [4.78, 5) is 36.4. The zero-order valence-corrected chi connectivity index (χ0v) is 23.0. The number of nitrogens with one attached hydrogen (secondary N) is 1. The van der Waals surface area contributed by atoms with Gasteiger partial charge in [-0.05, 0) is 78.9 Å². The van der Waals surface area contributed by atoms with Gasteiger partial charge in [-0.3, -0.25) is 14.4 Å². The molecule has 8 nitrogen and oxygen atoms in total. The first-order valence-electron chi connectivity index (χ1n) is 13.7. The van der Waals surface area contributed by atoms with Gasteiger partial charge in [0.05, 0.1) is 12.3 Å². The second-order valence-corrected chi connectivity index (χ2v) is 9.93. The molecule has 0 aliphatic heterocycles. The van der Waals surface area contributed by atoms with E-state index in [0.29, 0.717) is 23.0 Å². The summed E-state index contributed by atoms with van der Waals surface area (Å²) >= 11 is 0. The maximum absolute atomic E-state index is 13.1. The molecule has 0 aliphatic rings. The van der Waals surface area contributed by atoms with Crippen molar-refractivity contribution in [2.45, 2.75) is 25.7 Å². The predicted octanol–water partition coefficient (Wildman–Crippen LogP) is 6.35. The summed E-state index contributed by atoms with van der Waals surface area (Å²) in [6.45, 7) is -0.0326. The molecule has 0 spiro atoms. The van der Waals surface area contributed by atoms with E-state index in [1.165, 1.54) is 0 Å². The number of rotatable bonds is 15. The van der Waals surface area contributed by atoms with Gasteiger partial charge in [0.15, 0.2) is 0 Å². The minimum absolute atomic E-state index is 0.0326. The number of amides is 1. The Kier molecular flexibility index (Phi) is 10.7. The molecule has 0 fully saturated rings. The van der Waals surface area contributed by atoms with Gasteiger partial charge in [0, 0.05) is 12.5 Å². The Hall–Kier alpha value is -5.11. The van der Waals surface area contributed by atoms with Crippen molar-refractivity contribution in [2.75, 3.05) is 6.54 Å². The monoisotopic (exact) mass is 567 g/mol. The van der Waals surface area contributed by atoms with Gasteiger partial charge in [-0.1, -0.05) is 60.7 Å². The molecule has 4 rings (SSSR count). The molecule has 4 aromatic carbocycles. The average molecular weight is 568 g/mol. The van der Waals surface area contributed by atoms with E-state index in [1.54, 1.807) is 24.3 Å². The van der Waals surface area contributed by atoms with Crippen molar-refractivity contribution in [3.63, 3.8) is 0 Å². The Morgan fingerprint density at radius 2 is 1.02 bits per heavy atom. The molecule has 0 bridgehead atoms. The molecular weight excluding hydrogens is 534 g/mol. The SMILES string of the molecule is O=C(O)CCNC(=O)C(Cc1ccc(Oc2ccccc2)cc1)CC(Cc1ccc(Oc2ccccc2)cc1)C(=O)O. The lowest BCUT2D eigenvalue weighted by molar-refractivity contribution is -0.142. The smallest absolute Gasteiger partial charge is 0.306 e. The highest BCUT2D eigenvalue weighted by molar-refractivity contribution is 5.80. The number of benzene rings is 4. The van der Waals surface area contributed by atoms with Crippen LogP contribution >= 0.6 is 0 Å². The van der Waals surface area contributed by atoms with Crippen LogP contribution in [0.1, 0.15) is 24.0 Å². The third-order valence-electron chi connectivity index (χ3n) is 6.70. The van der Waals surface area contributed by atoms with Crippen LogP contribution in [0.3, 0.4) is 0 Å². The Balaban J connectivity index is 1.44. The van der Waals surface area contributed by atoms with Crippen LogP contribution in [0.2, 0.25) is 0 Å². The molecule has 8 heteroatoms. The minimum atomic E-state index is -1.02. The number of carboxylic acid groups (broad SMARTS) is 2. The molecule has 0 radical (unpaired) electrons. The molecular formula is C34H33NO7. The Morgan fingerprint density at radius 1 is 0.595 bits per heavy atom. The minimum Gasteiger partial charge on any atom is -0.481 e. The predicted molar refractivity (Wildman–Crippen MR) is 158 cm³/mol. The molecule has 2 atom stereocenters. The fraction of sp³-hybridized carbons (Fsp3) is 0.206. The van der Waals surface area contributed by atoms with E-state index >= 15 is 0 Å². The summed E-state index contributed by atoms with van der Waals surface area (Å²) in [5.41, 5.74) is 1.63. The first kappa shape index (κ1) is 29.9. The van der Waals surface area contributed by atoms with Gasteiger partial charge in [-0.25, -0.2) is 0 Å². The van der Waals surface area contributed by atoms with Crippen LogP contribution < -0.4 is 14.8 Å². The summed E-state index contributed by atoms with van der Waals surface area (Å²) in [7, 11) is 0. The highest BCUT2D eigenvalue weighted by atomic mass is 16.5. The van der Waals surface area contributed by atoms with E-state index in [2.05, 4.69) is 5.32 Å². The van der Waals surface area contributed by atoms with Gasteiger partial charge < -0.3 is 25.0 Å². The van der Waals surface area contributed by atoms with Gasteiger partial charge in [-0.2, -0.15) is 0 Å². The number of carbonyl (C=O) groups excluding carboxylic acids is 1. The largest absolute Gasteiger partial charge is 0.481 e. The van der Waals surface area contributed by atoms with Crippen molar-refractivity contribution in [1.82, 2.24) is 5.32 Å². The number of hydrogen-bond acceptors (Lipinski definition) is 5. The van der Waals surface area contributed by atoms with Crippen molar-refractivity contribution in [2.24, 2.45) is 11.8 Å². The lowest BCUT2D eigenvalue weighted by Crippen LogP contribution is -2.36. The van der Waals surface area contributed by atoms with Crippen molar-refractivity contribution in [3.8, 4) is 23.0 Å². The molecule has 42 heavy (non-hydrogen) atoms. The molecule has 0 saturated carbocycles. The average Bonchev–Trinajstić information content (AvgIpc) is 2.99. The number of hydrogen-bond donors (Lipinski definition) is 3. The number of aliphatic carboxylic acids is 2. The van der Waals surface area contributed by atoms with E-state index in [1.807, 2.05) is 84.9 Å². The molecule has 0 aromatic heterocycles. The molecule has 4 aromatic rings. The second kappa shape index (κ2) is 15.0. The maximum atomic E-state index is 13.1. The van der Waals surface area contributed by atoms with Gasteiger partial charge in [0.1, 0.15) is 23.0 Å². The van der Waals surface area contributed by atoms with Crippen molar-refractivity contribution >= 4 is 17.8 Å². The zero-order valence-electron chi connectivity index (χ0n) is 23.0. The lowest BCUT2D eigenvalue weighted by Gasteiger charge is -2.21. The van der Waals surface area contributed by atoms with Gasteiger partial charge in [-0.15, -0.1) is 0 Å². The zero-order chi connectivity index (χ0) is 29.7.